The molecule has 0 spiro atoms. The minimum Gasteiger partial charge on any atom is -0.508 e. The van der Waals surface area contributed by atoms with E-state index in [0.29, 0.717) is 11.3 Å². The summed E-state index contributed by atoms with van der Waals surface area (Å²) in [7, 11) is 0. The summed E-state index contributed by atoms with van der Waals surface area (Å²) < 4.78 is 11.7. The third-order valence-corrected chi connectivity index (χ3v) is 3.40. The lowest BCUT2D eigenvalue weighted by molar-refractivity contribution is 0.458. The molecule has 0 saturated heterocycles. The second-order valence-corrected chi connectivity index (χ2v) is 4.83. The first-order valence-corrected chi connectivity index (χ1v) is 6.68. The largest absolute Gasteiger partial charge is 0.508 e. The Labute approximate surface area is 121 Å². The molecule has 1 heterocycles. The third-order valence-electron chi connectivity index (χ3n) is 3.40. The Kier molecular flexibility index (Phi) is 2.57. The summed E-state index contributed by atoms with van der Waals surface area (Å²) >= 11 is 0. The second kappa shape index (κ2) is 4.56. The van der Waals surface area contributed by atoms with Crippen molar-refractivity contribution in [2.75, 3.05) is 0 Å². The Morgan fingerprint density at radius 3 is 2.43 bits per heavy atom. The van der Waals surface area contributed by atoms with Crippen LogP contribution in [-0.4, -0.2) is 5.11 Å². The molecule has 0 aliphatic carbocycles. The molecule has 0 fully saturated rings. The Morgan fingerprint density at radius 2 is 1.57 bits per heavy atom. The van der Waals surface area contributed by atoms with Gasteiger partial charge >= 0.3 is 0 Å². The van der Waals surface area contributed by atoms with Gasteiger partial charge in [-0.2, -0.15) is 0 Å². The monoisotopic (exact) mass is 276 g/mol. The maximum Gasteiger partial charge on any atom is 0.142 e. The lowest BCUT2D eigenvalue weighted by Crippen LogP contribution is -1.84. The molecule has 1 aromatic heterocycles. The maximum absolute atomic E-state index is 9.87. The van der Waals surface area contributed by atoms with E-state index in [4.69, 9.17) is 9.15 Å². The average molecular weight is 276 g/mol. The van der Waals surface area contributed by atoms with Crippen LogP contribution in [0.4, 0.5) is 0 Å². The molecule has 102 valence electrons. The minimum atomic E-state index is 0.118. The van der Waals surface area contributed by atoms with Crippen molar-refractivity contribution in [3.8, 4) is 17.2 Å². The molecule has 0 bridgehead atoms. The third kappa shape index (κ3) is 1.99. The second-order valence-electron chi connectivity index (χ2n) is 4.83. The molecule has 4 rings (SSSR count). The smallest absolute Gasteiger partial charge is 0.142 e. The SMILES string of the molecule is Oc1cc(Oc2ccccc2)c2c(c1)oc1ccccc12. The lowest BCUT2D eigenvalue weighted by atomic mass is 10.1. The molecule has 4 aromatic rings. The summed E-state index contributed by atoms with van der Waals surface area (Å²) in [5.74, 6) is 1.42. The zero-order valence-corrected chi connectivity index (χ0v) is 11.1. The van der Waals surface area contributed by atoms with Crippen molar-refractivity contribution in [2.24, 2.45) is 0 Å². The van der Waals surface area contributed by atoms with Gasteiger partial charge in [0.15, 0.2) is 0 Å². The molecule has 0 saturated carbocycles. The van der Waals surface area contributed by atoms with Gasteiger partial charge < -0.3 is 14.3 Å². The molecule has 0 aliphatic rings. The van der Waals surface area contributed by atoms with E-state index in [1.165, 1.54) is 0 Å². The fourth-order valence-electron chi connectivity index (χ4n) is 2.50. The van der Waals surface area contributed by atoms with E-state index in [1.807, 2.05) is 54.6 Å². The number of phenols is 1. The highest BCUT2D eigenvalue weighted by Gasteiger charge is 2.14. The molecule has 3 heteroatoms. The number of para-hydroxylation sites is 2. The van der Waals surface area contributed by atoms with Crippen molar-refractivity contribution >= 4 is 21.9 Å². The van der Waals surface area contributed by atoms with Gasteiger partial charge in [0, 0.05) is 17.5 Å². The number of hydrogen-bond donors (Lipinski definition) is 1. The molecule has 3 nitrogen and oxygen atoms in total. The van der Waals surface area contributed by atoms with Gasteiger partial charge in [0.1, 0.15) is 28.4 Å². The molecule has 0 amide bonds. The lowest BCUT2D eigenvalue weighted by Gasteiger charge is -2.07. The van der Waals surface area contributed by atoms with Crippen LogP contribution in [0.25, 0.3) is 21.9 Å². The summed E-state index contributed by atoms with van der Waals surface area (Å²) in [6.07, 6.45) is 0. The Bertz CT molecular complexity index is 923. The number of fused-ring (bicyclic) bond motifs is 3. The quantitative estimate of drug-likeness (QED) is 0.555. The van der Waals surface area contributed by atoms with Crippen molar-refractivity contribution in [2.45, 2.75) is 0 Å². The molecule has 1 N–H and O–H groups in total. The van der Waals surface area contributed by atoms with E-state index in [2.05, 4.69) is 0 Å². The predicted octanol–water partition coefficient (Wildman–Crippen LogP) is 5.08. The van der Waals surface area contributed by atoms with Crippen molar-refractivity contribution in [1.29, 1.82) is 0 Å². The Morgan fingerprint density at radius 1 is 0.810 bits per heavy atom. The van der Waals surface area contributed by atoms with E-state index >= 15 is 0 Å². The van der Waals surface area contributed by atoms with Gasteiger partial charge in [-0.25, -0.2) is 0 Å². The standard InChI is InChI=1S/C18H12O3/c19-12-10-16(20-13-6-2-1-3-7-13)18-14-8-4-5-9-15(14)21-17(18)11-12/h1-11,19H. The van der Waals surface area contributed by atoms with E-state index < -0.39 is 0 Å². The average Bonchev–Trinajstić information content (AvgIpc) is 2.86. The maximum atomic E-state index is 9.87. The summed E-state index contributed by atoms with van der Waals surface area (Å²) in [5.41, 5.74) is 1.39. The summed E-state index contributed by atoms with van der Waals surface area (Å²) in [6.45, 7) is 0. The highest BCUT2D eigenvalue weighted by molar-refractivity contribution is 6.08. The van der Waals surface area contributed by atoms with Crippen LogP contribution in [0.5, 0.6) is 17.2 Å². The van der Waals surface area contributed by atoms with Crippen LogP contribution in [0.2, 0.25) is 0 Å². The molecule has 0 unspecified atom stereocenters. The van der Waals surface area contributed by atoms with Crippen LogP contribution >= 0.6 is 0 Å². The Balaban J connectivity index is 1.98. The van der Waals surface area contributed by atoms with Gasteiger partial charge in [-0.1, -0.05) is 36.4 Å². The van der Waals surface area contributed by atoms with Gasteiger partial charge in [0.05, 0.1) is 5.39 Å². The summed E-state index contributed by atoms with van der Waals surface area (Å²) in [6, 6.07) is 20.5. The van der Waals surface area contributed by atoms with Crippen molar-refractivity contribution in [1.82, 2.24) is 0 Å². The zero-order valence-electron chi connectivity index (χ0n) is 11.1. The van der Waals surface area contributed by atoms with Crippen molar-refractivity contribution in [3.63, 3.8) is 0 Å². The molecule has 0 aliphatic heterocycles. The van der Waals surface area contributed by atoms with Crippen molar-refractivity contribution in [3.05, 3.63) is 66.7 Å². The normalized spacial score (nSPS) is 11.0. The molecule has 21 heavy (non-hydrogen) atoms. The van der Waals surface area contributed by atoms with Crippen LogP contribution in [0.15, 0.2) is 71.1 Å². The van der Waals surface area contributed by atoms with Gasteiger partial charge in [-0.15, -0.1) is 0 Å². The fourth-order valence-corrected chi connectivity index (χ4v) is 2.50. The number of aromatic hydroxyl groups is 1. The zero-order chi connectivity index (χ0) is 14.2. The number of hydrogen-bond acceptors (Lipinski definition) is 3. The van der Waals surface area contributed by atoms with Crippen LogP contribution < -0.4 is 4.74 Å². The van der Waals surface area contributed by atoms with Crippen LogP contribution in [-0.2, 0) is 0 Å². The molecule has 3 aromatic carbocycles. The topological polar surface area (TPSA) is 42.6 Å². The minimum absolute atomic E-state index is 0.118. The van der Waals surface area contributed by atoms with Gasteiger partial charge in [-0.3, -0.25) is 0 Å². The summed E-state index contributed by atoms with van der Waals surface area (Å²) in [4.78, 5) is 0. The molecule has 0 radical (unpaired) electrons. The number of benzene rings is 3. The number of rotatable bonds is 2. The van der Waals surface area contributed by atoms with E-state index in [9.17, 15) is 5.11 Å². The van der Waals surface area contributed by atoms with E-state index in [-0.39, 0.29) is 5.75 Å². The first-order valence-electron chi connectivity index (χ1n) is 6.68. The number of furan rings is 1. The highest BCUT2D eigenvalue weighted by atomic mass is 16.5. The molecule has 0 atom stereocenters. The highest BCUT2D eigenvalue weighted by Crippen LogP contribution is 2.40. The summed E-state index contributed by atoms with van der Waals surface area (Å²) in [5, 5.41) is 11.7. The predicted molar refractivity (Wildman–Crippen MR) is 81.9 cm³/mol. The first-order chi connectivity index (χ1) is 10.3. The Hall–Kier alpha value is -2.94. The number of ether oxygens (including phenoxy) is 1. The van der Waals surface area contributed by atoms with E-state index in [1.54, 1.807) is 12.1 Å². The van der Waals surface area contributed by atoms with Gasteiger partial charge in [0.25, 0.3) is 0 Å². The van der Waals surface area contributed by atoms with Crippen LogP contribution in [0, 0.1) is 0 Å². The fraction of sp³-hybridized carbons (Fsp3) is 0. The molecular formula is C18H12O3. The van der Waals surface area contributed by atoms with Crippen LogP contribution in [0.1, 0.15) is 0 Å². The molecular weight excluding hydrogens is 264 g/mol. The first kappa shape index (κ1) is 11.9. The van der Waals surface area contributed by atoms with Gasteiger partial charge in [-0.05, 0) is 18.2 Å². The number of phenolic OH excluding ortho intramolecular Hbond substituents is 1. The van der Waals surface area contributed by atoms with Crippen LogP contribution in [0.3, 0.4) is 0 Å². The van der Waals surface area contributed by atoms with Gasteiger partial charge in [0.2, 0.25) is 0 Å². The van der Waals surface area contributed by atoms with E-state index in [0.717, 1.165) is 22.1 Å². The van der Waals surface area contributed by atoms with Crippen molar-refractivity contribution < 1.29 is 14.3 Å².